The van der Waals surface area contributed by atoms with Gasteiger partial charge in [-0.1, -0.05) is 0 Å². The lowest BCUT2D eigenvalue weighted by Gasteiger charge is -2.02. The zero-order chi connectivity index (χ0) is 10.8. The summed E-state index contributed by atoms with van der Waals surface area (Å²) >= 11 is 0. The van der Waals surface area contributed by atoms with Crippen LogP contribution in [0.5, 0.6) is 0 Å². The second kappa shape index (κ2) is 3.65. The molecule has 1 aliphatic rings. The lowest BCUT2D eigenvalue weighted by atomic mass is 10.0. The van der Waals surface area contributed by atoms with E-state index in [2.05, 4.69) is 10.3 Å². The van der Waals surface area contributed by atoms with Crippen molar-refractivity contribution in [1.82, 2.24) is 10.3 Å². The lowest BCUT2D eigenvalue weighted by Crippen LogP contribution is -2.19. The Labute approximate surface area is 87.0 Å². The minimum atomic E-state index is -0.283. The van der Waals surface area contributed by atoms with Gasteiger partial charge in [0.25, 0.3) is 5.91 Å². The summed E-state index contributed by atoms with van der Waals surface area (Å²) < 4.78 is 0. The summed E-state index contributed by atoms with van der Waals surface area (Å²) in [5, 5.41) is 2.27. The van der Waals surface area contributed by atoms with Gasteiger partial charge in [0, 0.05) is 18.0 Å². The highest BCUT2D eigenvalue weighted by Gasteiger charge is 2.25. The van der Waals surface area contributed by atoms with E-state index in [0.29, 0.717) is 5.57 Å². The Hall–Kier alpha value is -1.97. The van der Waals surface area contributed by atoms with Crippen LogP contribution in [0.3, 0.4) is 0 Å². The Morgan fingerprint density at radius 2 is 2.00 bits per heavy atom. The summed E-state index contributed by atoms with van der Waals surface area (Å²) in [4.78, 5) is 26.3. The number of amides is 2. The zero-order valence-electron chi connectivity index (χ0n) is 8.28. The highest BCUT2D eigenvalue weighted by atomic mass is 16.2. The van der Waals surface area contributed by atoms with Gasteiger partial charge in [0.05, 0.1) is 6.42 Å². The maximum atomic E-state index is 11.4. The number of pyridine rings is 1. The molecule has 2 amide bonds. The van der Waals surface area contributed by atoms with E-state index >= 15 is 0 Å². The van der Waals surface area contributed by atoms with Crippen LogP contribution in [0.4, 0.5) is 0 Å². The van der Waals surface area contributed by atoms with Crippen molar-refractivity contribution in [3.8, 4) is 0 Å². The van der Waals surface area contributed by atoms with Crippen LogP contribution in [0.2, 0.25) is 0 Å². The molecule has 0 saturated carbocycles. The molecule has 4 heteroatoms. The molecule has 15 heavy (non-hydrogen) atoms. The zero-order valence-corrected chi connectivity index (χ0v) is 8.28. The summed E-state index contributed by atoms with van der Waals surface area (Å²) in [6.45, 7) is 1.84. The predicted octanol–water partition coefficient (Wildman–Crippen LogP) is 0.902. The van der Waals surface area contributed by atoms with E-state index in [9.17, 15) is 9.59 Å². The molecule has 1 aliphatic heterocycles. The molecule has 4 nitrogen and oxygen atoms in total. The molecule has 1 fully saturated rings. The molecule has 0 aliphatic carbocycles. The van der Waals surface area contributed by atoms with Gasteiger partial charge < -0.3 is 0 Å². The SMILES string of the molecule is CC(=C1CC(=O)NC1=O)c1ccncc1. The molecule has 0 aromatic carbocycles. The third-order valence-electron chi connectivity index (χ3n) is 2.43. The van der Waals surface area contributed by atoms with E-state index < -0.39 is 0 Å². The van der Waals surface area contributed by atoms with Gasteiger partial charge in [0.2, 0.25) is 5.91 Å². The molecule has 0 radical (unpaired) electrons. The fraction of sp³-hybridized carbons (Fsp3) is 0.182. The van der Waals surface area contributed by atoms with Gasteiger partial charge in [-0.15, -0.1) is 0 Å². The van der Waals surface area contributed by atoms with Crippen LogP contribution >= 0.6 is 0 Å². The number of allylic oxidation sites excluding steroid dienone is 1. The standard InChI is InChI=1S/C11H10N2O2/c1-7(8-2-4-12-5-3-8)9-6-10(14)13-11(9)15/h2-5H,6H2,1H3,(H,13,14,15). The predicted molar refractivity (Wildman–Crippen MR) is 54.6 cm³/mol. The fourth-order valence-corrected chi connectivity index (χ4v) is 1.57. The number of imide groups is 1. The van der Waals surface area contributed by atoms with E-state index in [1.54, 1.807) is 12.4 Å². The Kier molecular flexibility index (Phi) is 2.33. The lowest BCUT2D eigenvalue weighted by molar-refractivity contribution is -0.124. The van der Waals surface area contributed by atoms with Crippen molar-refractivity contribution in [1.29, 1.82) is 0 Å². The van der Waals surface area contributed by atoms with Gasteiger partial charge >= 0.3 is 0 Å². The van der Waals surface area contributed by atoms with Crippen molar-refractivity contribution in [2.75, 3.05) is 0 Å². The first-order valence-electron chi connectivity index (χ1n) is 4.63. The summed E-state index contributed by atoms with van der Waals surface area (Å²) in [7, 11) is 0. The van der Waals surface area contributed by atoms with Crippen molar-refractivity contribution in [2.45, 2.75) is 13.3 Å². The maximum Gasteiger partial charge on any atom is 0.254 e. The number of rotatable bonds is 1. The second-order valence-electron chi connectivity index (χ2n) is 3.39. The van der Waals surface area contributed by atoms with E-state index in [-0.39, 0.29) is 18.2 Å². The molecule has 2 rings (SSSR count). The topological polar surface area (TPSA) is 59.1 Å². The number of aromatic nitrogens is 1. The van der Waals surface area contributed by atoms with Crippen molar-refractivity contribution in [3.63, 3.8) is 0 Å². The number of hydrogen-bond donors (Lipinski definition) is 1. The van der Waals surface area contributed by atoms with E-state index in [1.165, 1.54) is 0 Å². The van der Waals surface area contributed by atoms with Crippen LogP contribution < -0.4 is 5.32 Å². The van der Waals surface area contributed by atoms with Crippen LogP contribution in [0.25, 0.3) is 5.57 Å². The Morgan fingerprint density at radius 1 is 1.33 bits per heavy atom. The third kappa shape index (κ3) is 1.79. The van der Waals surface area contributed by atoms with Crippen LogP contribution in [0, 0.1) is 0 Å². The van der Waals surface area contributed by atoms with Gasteiger partial charge in [-0.05, 0) is 30.2 Å². The first kappa shape index (κ1) is 9.58. The van der Waals surface area contributed by atoms with Gasteiger partial charge in [0.1, 0.15) is 0 Å². The highest BCUT2D eigenvalue weighted by Crippen LogP contribution is 2.22. The monoisotopic (exact) mass is 202 g/mol. The van der Waals surface area contributed by atoms with Gasteiger partial charge in [-0.3, -0.25) is 19.9 Å². The Bertz CT molecular complexity index is 449. The second-order valence-corrected chi connectivity index (χ2v) is 3.39. The molecule has 0 bridgehead atoms. The van der Waals surface area contributed by atoms with Crippen LogP contribution in [-0.4, -0.2) is 16.8 Å². The maximum absolute atomic E-state index is 11.4. The summed E-state index contributed by atoms with van der Waals surface area (Å²) in [5.74, 6) is -0.516. The van der Waals surface area contributed by atoms with Crippen LogP contribution in [-0.2, 0) is 9.59 Å². The van der Waals surface area contributed by atoms with E-state index in [0.717, 1.165) is 11.1 Å². The molecule has 2 heterocycles. The number of nitrogens with zero attached hydrogens (tertiary/aromatic N) is 1. The van der Waals surface area contributed by atoms with Crippen molar-refractivity contribution in [3.05, 3.63) is 35.7 Å². The van der Waals surface area contributed by atoms with Gasteiger partial charge in [-0.2, -0.15) is 0 Å². The Morgan fingerprint density at radius 3 is 2.53 bits per heavy atom. The molecule has 0 unspecified atom stereocenters. The molecule has 1 N–H and O–H groups in total. The molecule has 1 saturated heterocycles. The molecule has 0 atom stereocenters. The molecular formula is C11H10N2O2. The van der Waals surface area contributed by atoms with E-state index in [1.807, 2.05) is 19.1 Å². The van der Waals surface area contributed by atoms with Crippen LogP contribution in [0.15, 0.2) is 30.1 Å². The van der Waals surface area contributed by atoms with Crippen molar-refractivity contribution >= 4 is 17.4 Å². The first-order valence-corrected chi connectivity index (χ1v) is 4.63. The van der Waals surface area contributed by atoms with Crippen molar-refractivity contribution in [2.24, 2.45) is 0 Å². The average Bonchev–Trinajstić information content (AvgIpc) is 2.58. The molecular weight excluding hydrogens is 192 g/mol. The Balaban J connectivity index is 2.42. The first-order chi connectivity index (χ1) is 7.18. The molecule has 76 valence electrons. The summed E-state index contributed by atoms with van der Waals surface area (Å²) in [5.41, 5.74) is 2.30. The summed E-state index contributed by atoms with van der Waals surface area (Å²) in [6, 6.07) is 3.64. The molecule has 1 aromatic heterocycles. The number of carbonyl (C=O) groups is 2. The van der Waals surface area contributed by atoms with Gasteiger partial charge in [0.15, 0.2) is 0 Å². The summed E-state index contributed by atoms with van der Waals surface area (Å²) in [6.07, 6.45) is 3.50. The quantitative estimate of drug-likeness (QED) is 0.543. The number of nitrogens with one attached hydrogen (secondary N) is 1. The smallest absolute Gasteiger partial charge is 0.254 e. The largest absolute Gasteiger partial charge is 0.292 e. The van der Waals surface area contributed by atoms with Crippen LogP contribution in [0.1, 0.15) is 18.9 Å². The highest BCUT2D eigenvalue weighted by molar-refractivity contribution is 6.17. The number of carbonyl (C=O) groups excluding carboxylic acids is 2. The molecule has 0 spiro atoms. The minimum absolute atomic E-state index is 0.174. The van der Waals surface area contributed by atoms with Crippen molar-refractivity contribution < 1.29 is 9.59 Å². The number of hydrogen-bond acceptors (Lipinski definition) is 3. The van der Waals surface area contributed by atoms with E-state index in [4.69, 9.17) is 0 Å². The third-order valence-corrected chi connectivity index (χ3v) is 2.43. The molecule has 1 aromatic rings. The average molecular weight is 202 g/mol. The minimum Gasteiger partial charge on any atom is -0.292 e. The fourth-order valence-electron chi connectivity index (χ4n) is 1.57. The van der Waals surface area contributed by atoms with Gasteiger partial charge in [-0.25, -0.2) is 0 Å². The normalized spacial score (nSPS) is 19.0.